The molecule has 2 aromatic carbocycles. The van der Waals surface area contributed by atoms with Crippen LogP contribution in [-0.2, 0) is 0 Å². The number of aromatic hydroxyl groups is 1. The first-order chi connectivity index (χ1) is 11.4. The molecule has 0 atom stereocenters. The van der Waals surface area contributed by atoms with E-state index < -0.39 is 0 Å². The number of hydrogen-bond acceptors (Lipinski definition) is 4. The Hall–Kier alpha value is -2.73. The lowest BCUT2D eigenvalue weighted by Crippen LogP contribution is -1.92. The predicted molar refractivity (Wildman–Crippen MR) is 86.3 cm³/mol. The summed E-state index contributed by atoms with van der Waals surface area (Å²) in [7, 11) is 0. The smallest absolute Gasteiger partial charge is 0.225 e. The van der Waals surface area contributed by atoms with E-state index in [0.29, 0.717) is 17.3 Å². The lowest BCUT2D eigenvalue weighted by Gasteiger charge is -2.05. The number of hydrogen-bond donors (Lipinski definition) is 1. The molecule has 0 aliphatic carbocycles. The molecule has 0 bridgehead atoms. The summed E-state index contributed by atoms with van der Waals surface area (Å²) in [6.07, 6.45) is 0. The van der Waals surface area contributed by atoms with Gasteiger partial charge in [0.1, 0.15) is 23.1 Å². The van der Waals surface area contributed by atoms with E-state index in [9.17, 15) is 8.78 Å². The maximum Gasteiger partial charge on any atom is 0.225 e. The van der Waals surface area contributed by atoms with Crippen molar-refractivity contribution in [2.24, 2.45) is 0 Å². The van der Waals surface area contributed by atoms with E-state index in [0.717, 1.165) is 0 Å². The average Bonchev–Trinajstić information content (AvgIpc) is 2.52. The fourth-order valence-electron chi connectivity index (χ4n) is 1.62. The molecule has 24 heavy (non-hydrogen) atoms. The zero-order valence-corrected chi connectivity index (χ0v) is 13.3. The minimum absolute atomic E-state index is 0.0893. The van der Waals surface area contributed by atoms with Crippen LogP contribution in [0.1, 0.15) is 5.69 Å². The molecule has 0 saturated carbocycles. The van der Waals surface area contributed by atoms with Crippen LogP contribution in [0.4, 0.5) is 8.78 Å². The van der Waals surface area contributed by atoms with Crippen molar-refractivity contribution < 1.29 is 18.6 Å². The van der Waals surface area contributed by atoms with Gasteiger partial charge in [-0.3, -0.25) is 0 Å². The monoisotopic (exact) mass is 350 g/mol. The van der Waals surface area contributed by atoms with Crippen molar-refractivity contribution in [2.45, 2.75) is 6.92 Å². The van der Waals surface area contributed by atoms with Crippen molar-refractivity contribution in [3.63, 3.8) is 0 Å². The van der Waals surface area contributed by atoms with Crippen molar-refractivity contribution >= 4 is 11.6 Å². The first-order valence-electron chi connectivity index (χ1n) is 6.81. The van der Waals surface area contributed by atoms with Gasteiger partial charge in [-0.25, -0.2) is 13.8 Å². The van der Waals surface area contributed by atoms with E-state index in [2.05, 4.69) is 9.97 Å². The number of halogens is 3. The van der Waals surface area contributed by atoms with E-state index in [-0.39, 0.29) is 22.7 Å². The fraction of sp³-hybridized carbons (Fsp3) is 0.0588. The maximum absolute atomic E-state index is 12.7. The number of benzene rings is 2. The molecule has 0 unspecified atom stereocenters. The van der Waals surface area contributed by atoms with Crippen LogP contribution in [0.25, 0.3) is 0 Å². The van der Waals surface area contributed by atoms with Gasteiger partial charge in [0.05, 0.1) is 0 Å². The van der Waals surface area contributed by atoms with Crippen LogP contribution in [0.5, 0.6) is 17.4 Å². The summed E-state index contributed by atoms with van der Waals surface area (Å²) in [5.41, 5.74) is 0.706. The SMILES string of the molecule is Cc1cc(Oc2ccc(F)cc2)nc(Cl)n1.Oc1ccc(F)cc1. The number of nitrogens with zero attached hydrogens (tertiary/aromatic N) is 2. The highest BCUT2D eigenvalue weighted by Crippen LogP contribution is 2.21. The second-order valence-electron chi connectivity index (χ2n) is 4.65. The fourth-order valence-corrected chi connectivity index (χ4v) is 1.84. The minimum atomic E-state index is -0.331. The number of phenolic OH excluding ortho intramolecular Hbond substituents is 1. The second-order valence-corrected chi connectivity index (χ2v) is 4.99. The van der Waals surface area contributed by atoms with Crippen LogP contribution in [0.15, 0.2) is 54.6 Å². The third kappa shape index (κ3) is 5.81. The molecule has 0 aliphatic heterocycles. The standard InChI is InChI=1S/C11H8ClFN2O.C6H5FO/c1-7-6-10(15-11(12)14-7)16-9-4-2-8(13)3-5-9;7-5-1-3-6(8)4-2-5/h2-6H,1H3;1-4,8H. The molecule has 1 heterocycles. The van der Waals surface area contributed by atoms with E-state index in [1.165, 1.54) is 48.5 Å². The summed E-state index contributed by atoms with van der Waals surface area (Å²) in [4.78, 5) is 7.79. The van der Waals surface area contributed by atoms with Crippen molar-refractivity contribution in [3.8, 4) is 17.4 Å². The highest BCUT2D eigenvalue weighted by Gasteiger charge is 2.02. The molecule has 124 valence electrons. The van der Waals surface area contributed by atoms with Gasteiger partial charge >= 0.3 is 0 Å². The van der Waals surface area contributed by atoms with Crippen LogP contribution >= 0.6 is 11.6 Å². The first kappa shape index (κ1) is 17.6. The van der Waals surface area contributed by atoms with E-state index in [4.69, 9.17) is 21.4 Å². The van der Waals surface area contributed by atoms with Gasteiger partial charge in [-0.05, 0) is 67.1 Å². The zero-order valence-electron chi connectivity index (χ0n) is 12.6. The molecule has 0 radical (unpaired) electrons. The molecule has 0 aliphatic rings. The Labute approximate surface area is 142 Å². The number of rotatable bonds is 2. The second kappa shape index (κ2) is 8.21. The van der Waals surface area contributed by atoms with E-state index >= 15 is 0 Å². The molecule has 1 aromatic heterocycles. The van der Waals surface area contributed by atoms with Gasteiger partial charge in [-0.15, -0.1) is 0 Å². The Morgan fingerprint density at radius 2 is 1.46 bits per heavy atom. The van der Waals surface area contributed by atoms with Crippen LogP contribution in [0.3, 0.4) is 0 Å². The van der Waals surface area contributed by atoms with Gasteiger partial charge in [-0.1, -0.05) is 0 Å². The summed E-state index contributed by atoms with van der Waals surface area (Å²) in [6.45, 7) is 1.78. The summed E-state index contributed by atoms with van der Waals surface area (Å²) < 4.78 is 30.0. The zero-order chi connectivity index (χ0) is 17.5. The van der Waals surface area contributed by atoms with Crippen molar-refractivity contribution in [3.05, 3.63) is 77.2 Å². The quantitative estimate of drug-likeness (QED) is 0.668. The van der Waals surface area contributed by atoms with E-state index in [1.807, 2.05) is 0 Å². The summed E-state index contributed by atoms with van der Waals surface area (Å²) in [6, 6.07) is 12.3. The maximum atomic E-state index is 12.7. The van der Waals surface area contributed by atoms with E-state index in [1.54, 1.807) is 13.0 Å². The van der Waals surface area contributed by atoms with Gasteiger partial charge in [0.15, 0.2) is 0 Å². The summed E-state index contributed by atoms with van der Waals surface area (Å²) in [5.74, 6) is 0.276. The molecule has 0 spiro atoms. The van der Waals surface area contributed by atoms with Gasteiger partial charge < -0.3 is 9.84 Å². The van der Waals surface area contributed by atoms with Gasteiger partial charge in [0, 0.05) is 11.8 Å². The third-order valence-corrected chi connectivity index (χ3v) is 2.84. The lowest BCUT2D eigenvalue weighted by atomic mass is 10.3. The molecule has 0 saturated heterocycles. The van der Waals surface area contributed by atoms with Crippen molar-refractivity contribution in [2.75, 3.05) is 0 Å². The molecule has 0 amide bonds. The highest BCUT2D eigenvalue weighted by molar-refractivity contribution is 6.28. The van der Waals surface area contributed by atoms with Crippen LogP contribution in [0, 0.1) is 18.6 Å². The average molecular weight is 351 g/mol. The minimum Gasteiger partial charge on any atom is -0.508 e. The number of ether oxygens (including phenoxy) is 1. The van der Waals surface area contributed by atoms with Crippen LogP contribution in [0.2, 0.25) is 5.28 Å². The Morgan fingerprint density at radius 1 is 0.917 bits per heavy atom. The third-order valence-electron chi connectivity index (χ3n) is 2.67. The summed E-state index contributed by atoms with van der Waals surface area (Å²) >= 11 is 5.68. The summed E-state index contributed by atoms with van der Waals surface area (Å²) in [5, 5.41) is 8.71. The van der Waals surface area contributed by atoms with Crippen LogP contribution in [-0.4, -0.2) is 15.1 Å². The Balaban J connectivity index is 0.000000219. The van der Waals surface area contributed by atoms with Gasteiger partial charge in [0.25, 0.3) is 0 Å². The van der Waals surface area contributed by atoms with Crippen LogP contribution < -0.4 is 4.74 Å². The topological polar surface area (TPSA) is 55.2 Å². The molecule has 3 rings (SSSR count). The number of phenols is 1. The lowest BCUT2D eigenvalue weighted by molar-refractivity contribution is 0.459. The molecule has 1 N–H and O–H groups in total. The highest BCUT2D eigenvalue weighted by atomic mass is 35.5. The van der Waals surface area contributed by atoms with Gasteiger partial charge in [0.2, 0.25) is 11.2 Å². The molecular formula is C17H13ClF2N2O2. The number of aromatic nitrogens is 2. The molecule has 4 nitrogen and oxygen atoms in total. The Bertz CT molecular complexity index is 755. The largest absolute Gasteiger partial charge is 0.508 e. The molecule has 7 heteroatoms. The Kier molecular flexibility index (Phi) is 6.03. The van der Waals surface area contributed by atoms with Gasteiger partial charge in [-0.2, -0.15) is 4.98 Å². The van der Waals surface area contributed by atoms with Crippen molar-refractivity contribution in [1.29, 1.82) is 0 Å². The van der Waals surface area contributed by atoms with Crippen molar-refractivity contribution in [1.82, 2.24) is 9.97 Å². The first-order valence-corrected chi connectivity index (χ1v) is 7.19. The Morgan fingerprint density at radius 3 is 1.96 bits per heavy atom. The number of aryl methyl sites for hydroxylation is 1. The molecular weight excluding hydrogens is 338 g/mol. The normalized spacial score (nSPS) is 9.83. The molecule has 3 aromatic rings. The predicted octanol–water partition coefficient (Wildman–Crippen LogP) is 4.90. The molecule has 0 fully saturated rings.